The molecule has 1 aromatic carbocycles. The Morgan fingerprint density at radius 2 is 2.22 bits per heavy atom. The lowest BCUT2D eigenvalue weighted by Gasteiger charge is -2.25. The smallest absolute Gasteiger partial charge is 0.0606 e. The molecule has 1 aliphatic rings. The summed E-state index contributed by atoms with van der Waals surface area (Å²) in [6.45, 7) is 5.27. The van der Waals surface area contributed by atoms with Crippen LogP contribution in [-0.4, -0.2) is 31.3 Å². The summed E-state index contributed by atoms with van der Waals surface area (Å²) in [5, 5.41) is 12.8. The lowest BCUT2D eigenvalue weighted by Crippen LogP contribution is -2.27. The Kier molecular flexibility index (Phi) is 5.02. The molecule has 1 aliphatic heterocycles. The van der Waals surface area contributed by atoms with Crippen LogP contribution in [0.2, 0.25) is 0 Å². The second kappa shape index (κ2) is 6.76. The van der Waals surface area contributed by atoms with Gasteiger partial charge in [0.15, 0.2) is 0 Å². The zero-order valence-electron chi connectivity index (χ0n) is 11.2. The fourth-order valence-electron chi connectivity index (χ4n) is 2.72. The van der Waals surface area contributed by atoms with E-state index in [1.807, 2.05) is 0 Å². The van der Waals surface area contributed by atoms with Crippen LogP contribution < -0.4 is 10.2 Å². The highest BCUT2D eigenvalue weighted by Gasteiger charge is 2.21. The van der Waals surface area contributed by atoms with Crippen LogP contribution in [0.3, 0.4) is 0 Å². The van der Waals surface area contributed by atoms with Gasteiger partial charge in [-0.3, -0.25) is 0 Å². The van der Waals surface area contributed by atoms with Crippen molar-refractivity contribution in [2.45, 2.75) is 32.2 Å². The van der Waals surface area contributed by atoms with E-state index in [1.165, 1.54) is 30.5 Å². The molecule has 1 aromatic rings. The van der Waals surface area contributed by atoms with E-state index in [2.05, 4.69) is 41.4 Å². The Morgan fingerprint density at radius 3 is 3.00 bits per heavy atom. The van der Waals surface area contributed by atoms with Crippen molar-refractivity contribution in [3.05, 3.63) is 29.8 Å². The van der Waals surface area contributed by atoms with E-state index in [-0.39, 0.29) is 6.61 Å². The number of β-amino-alcohol motifs (C(OH)–C–C–N with tert-alkyl or cyclic N) is 1. The van der Waals surface area contributed by atoms with Gasteiger partial charge >= 0.3 is 0 Å². The van der Waals surface area contributed by atoms with Gasteiger partial charge in [-0.15, -0.1) is 0 Å². The number of fused-ring (bicyclic) bond motifs is 1. The van der Waals surface area contributed by atoms with E-state index in [0.717, 1.165) is 19.6 Å². The summed E-state index contributed by atoms with van der Waals surface area (Å²) < 4.78 is 0. The summed E-state index contributed by atoms with van der Waals surface area (Å²) in [6, 6.07) is 9.06. The second-order valence-corrected chi connectivity index (χ2v) is 4.92. The van der Waals surface area contributed by atoms with Crippen LogP contribution in [0.4, 0.5) is 5.69 Å². The predicted octanol–water partition coefficient (Wildman–Crippen LogP) is 2.32. The molecule has 0 aromatic heterocycles. The maximum Gasteiger partial charge on any atom is 0.0606 e. The van der Waals surface area contributed by atoms with Crippen molar-refractivity contribution < 1.29 is 5.11 Å². The Morgan fingerprint density at radius 1 is 1.39 bits per heavy atom. The quantitative estimate of drug-likeness (QED) is 0.839. The first kappa shape index (κ1) is 13.4. The fourth-order valence-corrected chi connectivity index (χ4v) is 2.72. The Balaban J connectivity index is 2.23. The van der Waals surface area contributed by atoms with Gasteiger partial charge in [-0.25, -0.2) is 0 Å². The molecule has 0 saturated carbocycles. The third-order valence-corrected chi connectivity index (χ3v) is 3.58. The minimum Gasteiger partial charge on any atom is -0.395 e. The van der Waals surface area contributed by atoms with E-state index in [9.17, 15) is 5.11 Å². The lowest BCUT2D eigenvalue weighted by atomic mass is 10.0. The molecule has 0 saturated heterocycles. The third kappa shape index (κ3) is 3.03. The number of nitrogens with zero attached hydrogens (tertiary/aromatic N) is 1. The summed E-state index contributed by atoms with van der Waals surface area (Å²) in [5.41, 5.74) is 2.68. The Hall–Kier alpha value is -1.06. The number of hydrogen-bond acceptors (Lipinski definition) is 3. The number of aliphatic hydroxyl groups is 1. The molecule has 0 amide bonds. The largest absolute Gasteiger partial charge is 0.395 e. The van der Waals surface area contributed by atoms with Gasteiger partial charge in [0.1, 0.15) is 0 Å². The Labute approximate surface area is 110 Å². The van der Waals surface area contributed by atoms with Crippen LogP contribution in [0, 0.1) is 0 Å². The highest BCUT2D eigenvalue weighted by atomic mass is 16.3. The van der Waals surface area contributed by atoms with Gasteiger partial charge in [0.05, 0.1) is 6.61 Å². The van der Waals surface area contributed by atoms with Crippen molar-refractivity contribution in [2.24, 2.45) is 0 Å². The van der Waals surface area contributed by atoms with Crippen molar-refractivity contribution in [2.75, 3.05) is 31.1 Å². The molecule has 1 heterocycles. The average molecular weight is 248 g/mol. The van der Waals surface area contributed by atoms with Crippen LogP contribution >= 0.6 is 0 Å². The van der Waals surface area contributed by atoms with Gasteiger partial charge in [-0.05, 0) is 37.4 Å². The monoisotopic (exact) mass is 248 g/mol. The van der Waals surface area contributed by atoms with Crippen molar-refractivity contribution in [1.29, 1.82) is 0 Å². The fraction of sp³-hybridized carbons (Fsp3) is 0.600. The van der Waals surface area contributed by atoms with Gasteiger partial charge in [-0.2, -0.15) is 0 Å². The summed E-state index contributed by atoms with van der Waals surface area (Å²) in [7, 11) is 0. The van der Waals surface area contributed by atoms with Crippen molar-refractivity contribution in [1.82, 2.24) is 5.32 Å². The second-order valence-electron chi connectivity index (χ2n) is 4.92. The molecule has 0 fully saturated rings. The first-order valence-electron chi connectivity index (χ1n) is 7.05. The maximum absolute atomic E-state index is 9.19. The molecule has 0 aliphatic carbocycles. The number of hydrogen-bond donors (Lipinski definition) is 2. The molecular formula is C15H24N2O. The van der Waals surface area contributed by atoms with Crippen LogP contribution in [0.1, 0.15) is 37.8 Å². The SMILES string of the molecule is CCCNC1CCCN(CCO)c2ccccc21. The van der Waals surface area contributed by atoms with E-state index in [1.54, 1.807) is 0 Å². The average Bonchev–Trinajstić information content (AvgIpc) is 2.57. The zero-order valence-corrected chi connectivity index (χ0v) is 11.2. The van der Waals surface area contributed by atoms with E-state index < -0.39 is 0 Å². The molecule has 0 radical (unpaired) electrons. The normalized spacial score (nSPS) is 19.4. The molecular weight excluding hydrogens is 224 g/mol. The molecule has 3 nitrogen and oxygen atoms in total. The van der Waals surface area contributed by atoms with Gasteiger partial charge in [0.25, 0.3) is 0 Å². The first-order chi connectivity index (χ1) is 8.86. The molecule has 1 atom stereocenters. The zero-order chi connectivity index (χ0) is 12.8. The van der Waals surface area contributed by atoms with Crippen molar-refractivity contribution >= 4 is 5.69 Å². The summed E-state index contributed by atoms with van der Waals surface area (Å²) in [4.78, 5) is 2.31. The number of benzene rings is 1. The number of rotatable bonds is 5. The highest BCUT2D eigenvalue weighted by molar-refractivity contribution is 5.55. The van der Waals surface area contributed by atoms with Crippen LogP contribution in [0.5, 0.6) is 0 Å². The van der Waals surface area contributed by atoms with Crippen LogP contribution in [0.15, 0.2) is 24.3 Å². The third-order valence-electron chi connectivity index (χ3n) is 3.58. The molecule has 2 N–H and O–H groups in total. The standard InChI is InChI=1S/C15H24N2O/c1-2-9-16-14-7-5-10-17(11-12-18)15-8-4-3-6-13(14)15/h3-4,6,8,14,16,18H,2,5,7,9-12H2,1H3. The van der Waals surface area contributed by atoms with Crippen molar-refractivity contribution in [3.8, 4) is 0 Å². The minimum atomic E-state index is 0.224. The molecule has 18 heavy (non-hydrogen) atoms. The van der Waals surface area contributed by atoms with Crippen molar-refractivity contribution in [3.63, 3.8) is 0 Å². The molecule has 3 heteroatoms. The predicted molar refractivity (Wildman–Crippen MR) is 76.0 cm³/mol. The van der Waals surface area contributed by atoms with Crippen LogP contribution in [0.25, 0.3) is 0 Å². The number of anilines is 1. The minimum absolute atomic E-state index is 0.224. The highest BCUT2D eigenvalue weighted by Crippen LogP contribution is 2.32. The van der Waals surface area contributed by atoms with E-state index in [4.69, 9.17) is 0 Å². The number of nitrogens with one attached hydrogen (secondary N) is 1. The number of para-hydroxylation sites is 1. The summed E-state index contributed by atoms with van der Waals surface area (Å²) in [6.07, 6.45) is 3.52. The summed E-state index contributed by atoms with van der Waals surface area (Å²) >= 11 is 0. The van der Waals surface area contributed by atoms with Gasteiger partial charge in [0, 0.05) is 24.8 Å². The molecule has 100 valence electrons. The maximum atomic E-state index is 9.19. The van der Waals surface area contributed by atoms with Gasteiger partial charge in [-0.1, -0.05) is 25.1 Å². The van der Waals surface area contributed by atoms with Crippen LogP contribution in [-0.2, 0) is 0 Å². The topological polar surface area (TPSA) is 35.5 Å². The summed E-state index contributed by atoms with van der Waals surface area (Å²) in [5.74, 6) is 0. The number of aliphatic hydroxyl groups excluding tert-OH is 1. The molecule has 2 rings (SSSR count). The molecule has 0 spiro atoms. The Bertz CT molecular complexity index is 367. The first-order valence-corrected chi connectivity index (χ1v) is 7.05. The van der Waals surface area contributed by atoms with Gasteiger partial charge < -0.3 is 15.3 Å². The lowest BCUT2D eigenvalue weighted by molar-refractivity contribution is 0.301. The van der Waals surface area contributed by atoms with E-state index >= 15 is 0 Å². The van der Waals surface area contributed by atoms with Gasteiger partial charge in [0.2, 0.25) is 0 Å². The molecule has 0 bridgehead atoms. The van der Waals surface area contributed by atoms with E-state index in [0.29, 0.717) is 6.04 Å². The molecule has 1 unspecified atom stereocenters.